The van der Waals surface area contributed by atoms with E-state index in [1.54, 1.807) is 0 Å². The molecule has 9 heteroatoms. The molecule has 1 aromatic carbocycles. The number of nitrogens with zero attached hydrogens (tertiary/aromatic N) is 1. The summed E-state index contributed by atoms with van der Waals surface area (Å²) in [6.07, 6.45) is -5.60. The highest BCUT2D eigenvalue weighted by Crippen LogP contribution is 2.18. The van der Waals surface area contributed by atoms with Crippen molar-refractivity contribution in [2.75, 3.05) is 6.54 Å². The number of rotatable bonds is 4. The van der Waals surface area contributed by atoms with E-state index in [4.69, 9.17) is 0 Å². The Labute approximate surface area is 131 Å². The van der Waals surface area contributed by atoms with Gasteiger partial charge in [0, 0.05) is 6.04 Å². The zero-order valence-corrected chi connectivity index (χ0v) is 12.6. The molecule has 4 amide bonds. The van der Waals surface area contributed by atoms with E-state index in [1.807, 2.05) is 38.1 Å². The van der Waals surface area contributed by atoms with E-state index in [0.717, 1.165) is 11.1 Å². The standard InChI is InChI=1S/C14H17F3N4O2/c1-8-4-3-5-10(6-8)9(2)18-11-19-12(22)21(13(23)20-11)7-14(15,16)17/h3-6,9,11,18H,7H2,1-2H3,(H,19,22)(H,20,23)/t9-/m0/s1. The summed E-state index contributed by atoms with van der Waals surface area (Å²) in [5, 5.41) is 7.49. The highest BCUT2D eigenvalue weighted by molar-refractivity contribution is 5.96. The summed E-state index contributed by atoms with van der Waals surface area (Å²) in [7, 11) is 0. The summed E-state index contributed by atoms with van der Waals surface area (Å²) in [6, 6.07) is 5.17. The van der Waals surface area contributed by atoms with Crippen LogP contribution in [0.4, 0.5) is 22.8 Å². The van der Waals surface area contributed by atoms with Crippen LogP contribution in [0.2, 0.25) is 0 Å². The smallest absolute Gasteiger partial charge is 0.305 e. The summed E-state index contributed by atoms with van der Waals surface area (Å²) in [4.78, 5) is 23.4. The Morgan fingerprint density at radius 3 is 2.39 bits per heavy atom. The molecule has 1 heterocycles. The number of alkyl halides is 3. The first-order valence-corrected chi connectivity index (χ1v) is 6.93. The minimum absolute atomic E-state index is 0.0789. The molecule has 1 aliphatic rings. The lowest BCUT2D eigenvalue weighted by molar-refractivity contribution is -0.136. The molecular weight excluding hydrogens is 313 g/mol. The maximum absolute atomic E-state index is 12.3. The molecule has 23 heavy (non-hydrogen) atoms. The zero-order valence-electron chi connectivity index (χ0n) is 12.6. The number of carbonyl (C=O) groups is 2. The molecule has 1 fully saturated rings. The van der Waals surface area contributed by atoms with Gasteiger partial charge in [-0.25, -0.2) is 14.5 Å². The molecule has 0 unspecified atom stereocenters. The van der Waals surface area contributed by atoms with Gasteiger partial charge >= 0.3 is 18.2 Å². The predicted octanol–water partition coefficient (Wildman–Crippen LogP) is 2.23. The van der Waals surface area contributed by atoms with Crippen molar-refractivity contribution in [1.29, 1.82) is 0 Å². The van der Waals surface area contributed by atoms with Gasteiger partial charge in [0.1, 0.15) is 6.54 Å². The van der Waals surface area contributed by atoms with Crippen LogP contribution in [0.3, 0.4) is 0 Å². The van der Waals surface area contributed by atoms with Gasteiger partial charge < -0.3 is 10.6 Å². The molecule has 6 nitrogen and oxygen atoms in total. The molecular formula is C14H17F3N4O2. The molecule has 3 N–H and O–H groups in total. The Balaban J connectivity index is 1.99. The number of hydrogen-bond acceptors (Lipinski definition) is 3. The number of nitrogens with one attached hydrogen (secondary N) is 3. The van der Waals surface area contributed by atoms with E-state index >= 15 is 0 Å². The quantitative estimate of drug-likeness (QED) is 0.793. The van der Waals surface area contributed by atoms with Crippen molar-refractivity contribution in [1.82, 2.24) is 20.9 Å². The predicted molar refractivity (Wildman–Crippen MR) is 76.3 cm³/mol. The molecule has 1 saturated heterocycles. The molecule has 0 spiro atoms. The van der Waals surface area contributed by atoms with Crippen LogP contribution in [-0.4, -0.2) is 36.0 Å². The van der Waals surface area contributed by atoms with Crippen LogP contribution in [0, 0.1) is 6.92 Å². The van der Waals surface area contributed by atoms with Crippen LogP contribution in [0.25, 0.3) is 0 Å². The van der Waals surface area contributed by atoms with Crippen LogP contribution >= 0.6 is 0 Å². The van der Waals surface area contributed by atoms with Gasteiger partial charge in [-0.15, -0.1) is 0 Å². The van der Waals surface area contributed by atoms with Gasteiger partial charge in [-0.3, -0.25) is 5.32 Å². The lowest BCUT2D eigenvalue weighted by Gasteiger charge is -2.34. The lowest BCUT2D eigenvalue weighted by Crippen LogP contribution is -2.68. The molecule has 1 aliphatic heterocycles. The number of benzene rings is 1. The normalized spacial score (nSPS) is 17.7. The third kappa shape index (κ3) is 4.59. The summed E-state index contributed by atoms with van der Waals surface area (Å²) in [5.41, 5.74) is 1.97. The Kier molecular flexibility index (Phi) is 4.79. The van der Waals surface area contributed by atoms with Crippen LogP contribution in [0.1, 0.15) is 24.1 Å². The molecule has 126 valence electrons. The number of imide groups is 1. The summed E-state index contributed by atoms with van der Waals surface area (Å²) >= 11 is 0. The van der Waals surface area contributed by atoms with Gasteiger partial charge in [0.15, 0.2) is 6.29 Å². The third-order valence-electron chi connectivity index (χ3n) is 3.32. The van der Waals surface area contributed by atoms with Crippen molar-refractivity contribution < 1.29 is 22.8 Å². The zero-order chi connectivity index (χ0) is 17.2. The average Bonchev–Trinajstić information content (AvgIpc) is 2.42. The van der Waals surface area contributed by atoms with Crippen molar-refractivity contribution in [2.24, 2.45) is 0 Å². The Morgan fingerprint density at radius 2 is 1.87 bits per heavy atom. The van der Waals surface area contributed by atoms with Gasteiger partial charge in [0.25, 0.3) is 0 Å². The molecule has 1 aromatic rings. The Bertz CT molecular complexity index is 588. The first-order valence-electron chi connectivity index (χ1n) is 6.93. The number of urea groups is 2. The molecule has 0 bridgehead atoms. The molecule has 2 rings (SSSR count). The SMILES string of the molecule is Cc1cccc([C@H](C)NC2NC(=O)N(CC(F)(F)F)C(=O)N2)c1. The van der Waals surface area contributed by atoms with E-state index in [-0.39, 0.29) is 10.9 Å². The van der Waals surface area contributed by atoms with E-state index in [1.165, 1.54) is 0 Å². The van der Waals surface area contributed by atoms with Gasteiger partial charge in [-0.2, -0.15) is 13.2 Å². The van der Waals surface area contributed by atoms with Crippen molar-refractivity contribution in [3.8, 4) is 0 Å². The second kappa shape index (κ2) is 6.45. The fourth-order valence-corrected chi connectivity index (χ4v) is 2.22. The van der Waals surface area contributed by atoms with Gasteiger partial charge in [-0.05, 0) is 19.4 Å². The largest absolute Gasteiger partial charge is 0.406 e. The fraction of sp³-hybridized carbons (Fsp3) is 0.429. The van der Waals surface area contributed by atoms with Crippen molar-refractivity contribution in [3.05, 3.63) is 35.4 Å². The summed E-state index contributed by atoms with van der Waals surface area (Å²) in [6.45, 7) is 2.11. The second-order valence-corrected chi connectivity index (χ2v) is 5.34. The summed E-state index contributed by atoms with van der Waals surface area (Å²) < 4.78 is 37.0. The maximum atomic E-state index is 12.3. The number of aryl methyl sites for hydroxylation is 1. The number of halogens is 3. The molecule has 0 aromatic heterocycles. The maximum Gasteiger partial charge on any atom is 0.406 e. The summed E-state index contributed by atoms with van der Waals surface area (Å²) in [5.74, 6) is 0. The average molecular weight is 330 g/mol. The first kappa shape index (κ1) is 17.1. The minimum atomic E-state index is -4.65. The fourth-order valence-electron chi connectivity index (χ4n) is 2.22. The van der Waals surface area contributed by atoms with Crippen molar-refractivity contribution >= 4 is 12.1 Å². The molecule has 1 atom stereocenters. The highest BCUT2D eigenvalue weighted by Gasteiger charge is 2.40. The Hall–Kier alpha value is -2.29. The monoisotopic (exact) mass is 330 g/mol. The van der Waals surface area contributed by atoms with Gasteiger partial charge in [0.2, 0.25) is 0 Å². The number of carbonyl (C=O) groups excluding carboxylic acids is 2. The van der Waals surface area contributed by atoms with Crippen LogP contribution in [0.15, 0.2) is 24.3 Å². The van der Waals surface area contributed by atoms with E-state index in [0.29, 0.717) is 0 Å². The topological polar surface area (TPSA) is 73.5 Å². The van der Waals surface area contributed by atoms with Crippen molar-refractivity contribution in [3.63, 3.8) is 0 Å². The first-order chi connectivity index (χ1) is 10.7. The van der Waals surface area contributed by atoms with Crippen molar-refractivity contribution in [2.45, 2.75) is 32.4 Å². The third-order valence-corrected chi connectivity index (χ3v) is 3.32. The van der Waals surface area contributed by atoms with E-state index in [9.17, 15) is 22.8 Å². The molecule has 0 saturated carbocycles. The number of amides is 4. The van der Waals surface area contributed by atoms with E-state index in [2.05, 4.69) is 16.0 Å². The van der Waals surface area contributed by atoms with E-state index < -0.39 is 31.1 Å². The van der Waals surface area contributed by atoms with Crippen LogP contribution in [-0.2, 0) is 0 Å². The van der Waals surface area contributed by atoms with Gasteiger partial charge in [0.05, 0.1) is 0 Å². The Morgan fingerprint density at radius 1 is 1.26 bits per heavy atom. The van der Waals surface area contributed by atoms with Crippen LogP contribution < -0.4 is 16.0 Å². The molecule has 0 aliphatic carbocycles. The highest BCUT2D eigenvalue weighted by atomic mass is 19.4. The minimum Gasteiger partial charge on any atom is -0.305 e. The lowest BCUT2D eigenvalue weighted by atomic mass is 10.1. The molecule has 0 radical (unpaired) electrons. The second-order valence-electron chi connectivity index (χ2n) is 5.34. The van der Waals surface area contributed by atoms with Gasteiger partial charge in [-0.1, -0.05) is 29.8 Å². The van der Waals surface area contributed by atoms with Crippen LogP contribution in [0.5, 0.6) is 0 Å². The number of hydrogen-bond donors (Lipinski definition) is 3.